The molecule has 1 aromatic carbocycles. The molecule has 3 fully saturated rings. The van der Waals surface area contributed by atoms with E-state index in [-0.39, 0.29) is 24.9 Å². The number of piperidine rings is 1. The average molecular weight is 508 g/mol. The molecule has 0 aliphatic carbocycles. The topological polar surface area (TPSA) is 135 Å². The minimum absolute atomic E-state index is 0.178. The second kappa shape index (κ2) is 8.95. The number of nitrogens with two attached hydrogens (primary N) is 1. The van der Waals surface area contributed by atoms with Gasteiger partial charge in [0.1, 0.15) is 5.60 Å². The number of ether oxygens (including phenoxy) is 2. The van der Waals surface area contributed by atoms with E-state index in [1.165, 1.54) is 0 Å². The molecule has 11 heteroatoms. The van der Waals surface area contributed by atoms with Gasteiger partial charge in [0.25, 0.3) is 5.88 Å². The number of hydrogen-bond donors (Lipinski definition) is 3. The molecule has 3 aromatic rings. The fraction of sp³-hybridized carbons (Fsp3) is 0.500. The van der Waals surface area contributed by atoms with Crippen LogP contribution in [0.15, 0.2) is 36.8 Å². The van der Waals surface area contributed by atoms with Crippen LogP contribution in [0.25, 0.3) is 11.3 Å². The lowest BCUT2D eigenvalue weighted by Crippen LogP contribution is -2.60. The molecule has 3 saturated heterocycles. The maximum atomic E-state index is 11.0. The van der Waals surface area contributed by atoms with Crippen LogP contribution < -0.4 is 15.4 Å². The van der Waals surface area contributed by atoms with Crippen molar-refractivity contribution in [3.8, 4) is 22.9 Å². The molecule has 0 spiro atoms. The minimum atomic E-state index is -1.05. The summed E-state index contributed by atoms with van der Waals surface area (Å²) in [7, 11) is 2.13. The maximum Gasteiger partial charge on any atom is 0.263 e. The Bertz CT molecular complexity index is 1290. The number of anilines is 2. The summed E-state index contributed by atoms with van der Waals surface area (Å²) in [6.45, 7) is 5.37. The quantitative estimate of drug-likeness (QED) is 0.453. The van der Waals surface area contributed by atoms with Gasteiger partial charge >= 0.3 is 0 Å². The van der Waals surface area contributed by atoms with Gasteiger partial charge in [-0.05, 0) is 63.7 Å². The highest BCUT2D eigenvalue weighted by Crippen LogP contribution is 2.38. The van der Waals surface area contributed by atoms with Crippen LogP contribution in [-0.2, 0) is 10.3 Å². The summed E-state index contributed by atoms with van der Waals surface area (Å²) >= 11 is 0. The zero-order valence-corrected chi connectivity index (χ0v) is 21.2. The Balaban J connectivity index is 1.28. The molecule has 0 saturated carbocycles. The van der Waals surface area contributed by atoms with Crippen LogP contribution in [0.5, 0.6) is 11.6 Å². The van der Waals surface area contributed by atoms with Crippen LogP contribution in [0.2, 0.25) is 0 Å². The van der Waals surface area contributed by atoms with Gasteiger partial charge in [-0.3, -0.25) is 4.68 Å². The third-order valence-corrected chi connectivity index (χ3v) is 7.48. The first kappa shape index (κ1) is 24.1. The molecule has 196 valence electrons. The Morgan fingerprint density at radius 3 is 2.54 bits per heavy atom. The highest BCUT2D eigenvalue weighted by molar-refractivity contribution is 5.69. The van der Waals surface area contributed by atoms with Crippen molar-refractivity contribution < 1.29 is 19.7 Å². The number of aromatic nitrogens is 4. The first-order valence-electron chi connectivity index (χ1n) is 12.6. The lowest BCUT2D eigenvalue weighted by Gasteiger charge is -2.46. The third kappa shape index (κ3) is 4.75. The van der Waals surface area contributed by atoms with E-state index in [2.05, 4.69) is 31.9 Å². The summed E-state index contributed by atoms with van der Waals surface area (Å²) in [4.78, 5) is 13.4. The normalized spacial score (nSPS) is 21.4. The summed E-state index contributed by atoms with van der Waals surface area (Å²) in [6, 6.07) is 6.16. The van der Waals surface area contributed by atoms with Crippen molar-refractivity contribution in [1.29, 1.82) is 0 Å². The summed E-state index contributed by atoms with van der Waals surface area (Å²) < 4.78 is 13.3. The molecular formula is C26H33N7O4. The standard InChI is InChI=1S/C26H33N7O4/c1-25(34)13-32(14-25)20-8-17(7-18(9-20)26(35)15-36-16-26)22-11-28-23(27)24(30-22)37-21-10-29-33(12-21)19-3-5-31(2)6-4-19/h7-12,19,34-35H,3-6,13-16H2,1-2H3,(H2,27,28). The largest absolute Gasteiger partial charge is 0.433 e. The number of likely N-dealkylation sites (tertiary alicyclic amines) is 1. The van der Waals surface area contributed by atoms with Gasteiger partial charge < -0.3 is 35.2 Å². The van der Waals surface area contributed by atoms with Gasteiger partial charge in [0.05, 0.1) is 49.1 Å². The molecule has 0 radical (unpaired) electrons. The Morgan fingerprint density at radius 1 is 1.11 bits per heavy atom. The molecule has 3 aliphatic rings. The molecule has 2 aromatic heterocycles. The van der Waals surface area contributed by atoms with Crippen LogP contribution >= 0.6 is 0 Å². The van der Waals surface area contributed by atoms with E-state index in [0.29, 0.717) is 30.6 Å². The van der Waals surface area contributed by atoms with E-state index in [4.69, 9.17) is 15.2 Å². The average Bonchev–Trinajstić information content (AvgIpc) is 3.31. The fourth-order valence-corrected chi connectivity index (χ4v) is 5.17. The van der Waals surface area contributed by atoms with Gasteiger partial charge in [0.15, 0.2) is 11.6 Å². The molecule has 3 aliphatic heterocycles. The van der Waals surface area contributed by atoms with Gasteiger partial charge in [-0.1, -0.05) is 0 Å². The fourth-order valence-electron chi connectivity index (χ4n) is 5.17. The van der Waals surface area contributed by atoms with Gasteiger partial charge in [-0.25, -0.2) is 9.97 Å². The van der Waals surface area contributed by atoms with E-state index in [9.17, 15) is 10.2 Å². The molecule has 0 amide bonds. The van der Waals surface area contributed by atoms with Crippen LogP contribution in [-0.4, -0.2) is 86.9 Å². The van der Waals surface area contributed by atoms with E-state index < -0.39 is 11.2 Å². The van der Waals surface area contributed by atoms with Crippen molar-refractivity contribution in [3.05, 3.63) is 42.4 Å². The highest BCUT2D eigenvalue weighted by Gasteiger charge is 2.41. The van der Waals surface area contributed by atoms with Crippen molar-refractivity contribution in [1.82, 2.24) is 24.6 Å². The van der Waals surface area contributed by atoms with Crippen LogP contribution in [0.4, 0.5) is 11.5 Å². The molecule has 4 N–H and O–H groups in total. The zero-order valence-electron chi connectivity index (χ0n) is 21.2. The molecule has 5 heterocycles. The number of β-amino-alcohol motifs (C(OH)–C–C–N with tert-alkyl or cyclic N) is 1. The Morgan fingerprint density at radius 2 is 1.86 bits per heavy atom. The summed E-state index contributed by atoms with van der Waals surface area (Å²) in [6.07, 6.45) is 7.23. The predicted octanol–water partition coefficient (Wildman–Crippen LogP) is 1.77. The molecule has 37 heavy (non-hydrogen) atoms. The van der Waals surface area contributed by atoms with Crippen molar-refractivity contribution in [2.24, 2.45) is 0 Å². The van der Waals surface area contributed by atoms with Gasteiger partial charge in [-0.15, -0.1) is 0 Å². The first-order chi connectivity index (χ1) is 17.7. The molecule has 11 nitrogen and oxygen atoms in total. The Kier molecular flexibility index (Phi) is 5.83. The summed E-state index contributed by atoms with van der Waals surface area (Å²) in [5.41, 5.74) is 7.29. The van der Waals surface area contributed by atoms with Gasteiger partial charge in [0.2, 0.25) is 0 Å². The molecule has 0 atom stereocenters. The van der Waals surface area contributed by atoms with Crippen molar-refractivity contribution >= 4 is 11.5 Å². The van der Waals surface area contributed by atoms with Crippen molar-refractivity contribution in [2.75, 3.05) is 57.1 Å². The summed E-state index contributed by atoms with van der Waals surface area (Å²) in [5, 5.41) is 25.7. The predicted molar refractivity (Wildman–Crippen MR) is 138 cm³/mol. The summed E-state index contributed by atoms with van der Waals surface area (Å²) in [5.74, 6) is 0.928. The smallest absolute Gasteiger partial charge is 0.263 e. The lowest BCUT2D eigenvalue weighted by molar-refractivity contribution is -0.184. The van der Waals surface area contributed by atoms with E-state index in [0.717, 1.165) is 42.7 Å². The van der Waals surface area contributed by atoms with Crippen LogP contribution in [0.3, 0.4) is 0 Å². The maximum absolute atomic E-state index is 11.0. The number of aliphatic hydroxyl groups is 2. The van der Waals surface area contributed by atoms with Crippen molar-refractivity contribution in [3.63, 3.8) is 0 Å². The lowest BCUT2D eigenvalue weighted by atomic mass is 9.88. The second-order valence-electron chi connectivity index (χ2n) is 10.9. The Labute approximate surface area is 215 Å². The Hall–Kier alpha value is -3.25. The monoisotopic (exact) mass is 507 g/mol. The van der Waals surface area contributed by atoms with Gasteiger partial charge in [-0.2, -0.15) is 5.10 Å². The van der Waals surface area contributed by atoms with Crippen LogP contribution in [0, 0.1) is 0 Å². The number of nitrogen functional groups attached to an aromatic ring is 1. The minimum Gasteiger partial charge on any atom is -0.433 e. The number of hydrogen-bond acceptors (Lipinski definition) is 10. The molecule has 0 bridgehead atoms. The van der Waals surface area contributed by atoms with E-state index in [1.807, 2.05) is 36.0 Å². The molecule has 0 unspecified atom stereocenters. The third-order valence-electron chi connectivity index (χ3n) is 7.48. The SMILES string of the molecule is CN1CCC(n2cc(Oc3nc(-c4cc(N5CC(C)(O)C5)cc(C5(O)COC5)c4)cnc3N)cn2)CC1. The second-order valence-corrected chi connectivity index (χ2v) is 10.9. The van der Waals surface area contributed by atoms with E-state index >= 15 is 0 Å². The van der Waals surface area contributed by atoms with Crippen molar-refractivity contribution in [2.45, 2.75) is 37.0 Å². The van der Waals surface area contributed by atoms with Gasteiger partial charge in [0, 0.05) is 24.3 Å². The highest BCUT2D eigenvalue weighted by atomic mass is 16.5. The number of rotatable bonds is 6. The number of nitrogens with zero attached hydrogens (tertiary/aromatic N) is 6. The molecule has 6 rings (SSSR count). The zero-order chi connectivity index (χ0) is 25.8. The van der Waals surface area contributed by atoms with E-state index in [1.54, 1.807) is 12.4 Å². The van der Waals surface area contributed by atoms with Crippen LogP contribution in [0.1, 0.15) is 31.4 Å². The molecular weight excluding hydrogens is 474 g/mol. The first-order valence-corrected chi connectivity index (χ1v) is 12.6. The number of benzene rings is 1.